The van der Waals surface area contributed by atoms with E-state index in [1.807, 2.05) is 0 Å². The van der Waals surface area contributed by atoms with Crippen molar-refractivity contribution in [1.29, 1.82) is 0 Å². The largest absolute Gasteiger partial charge is 0.391 e. The zero-order valence-electron chi connectivity index (χ0n) is 11.4. The second kappa shape index (κ2) is 5.61. The van der Waals surface area contributed by atoms with E-state index in [-0.39, 0.29) is 17.8 Å². The van der Waals surface area contributed by atoms with E-state index in [0.29, 0.717) is 5.82 Å². The number of nitro benzene ring substituents is 1. The maximum absolute atomic E-state index is 10.6. The van der Waals surface area contributed by atoms with E-state index < -0.39 is 4.92 Å². The maximum atomic E-state index is 10.6. The summed E-state index contributed by atoms with van der Waals surface area (Å²) in [6.45, 7) is 0. The van der Waals surface area contributed by atoms with Crippen molar-refractivity contribution < 1.29 is 10.0 Å². The molecule has 3 rings (SSSR count). The van der Waals surface area contributed by atoms with Gasteiger partial charge < -0.3 is 5.11 Å². The third-order valence-corrected chi connectivity index (χ3v) is 3.88. The number of aliphatic hydroxyl groups excluding tert-OH is 1. The number of nitro groups is 1. The van der Waals surface area contributed by atoms with Gasteiger partial charge in [0.05, 0.1) is 17.1 Å². The summed E-state index contributed by atoms with van der Waals surface area (Å²) >= 11 is 0. The van der Waals surface area contributed by atoms with Crippen LogP contribution in [0.1, 0.15) is 31.7 Å². The number of hydrogen-bond donors (Lipinski definition) is 1. The van der Waals surface area contributed by atoms with Gasteiger partial charge in [-0.05, 0) is 25.0 Å². The molecule has 7 heteroatoms. The lowest BCUT2D eigenvalue weighted by atomic mass is 9.93. The van der Waals surface area contributed by atoms with E-state index >= 15 is 0 Å². The fraction of sp³-hybridized carbons (Fsp3) is 0.429. The third kappa shape index (κ3) is 2.78. The summed E-state index contributed by atoms with van der Waals surface area (Å²) in [6, 6.07) is 6.11. The Labute approximate surface area is 121 Å². The molecule has 0 saturated heterocycles. The smallest absolute Gasteiger partial charge is 0.269 e. The fourth-order valence-corrected chi connectivity index (χ4v) is 2.70. The summed E-state index contributed by atoms with van der Waals surface area (Å²) in [4.78, 5) is 14.4. The van der Waals surface area contributed by atoms with Gasteiger partial charge in [0.2, 0.25) is 0 Å². The molecule has 0 radical (unpaired) electrons. The number of nitrogens with zero attached hydrogens (tertiary/aromatic N) is 4. The summed E-state index contributed by atoms with van der Waals surface area (Å²) in [6.07, 6.45) is 5.04. The van der Waals surface area contributed by atoms with Crippen LogP contribution in [-0.2, 0) is 0 Å². The van der Waals surface area contributed by atoms with Crippen LogP contribution in [0.2, 0.25) is 0 Å². The zero-order valence-corrected chi connectivity index (χ0v) is 11.4. The summed E-state index contributed by atoms with van der Waals surface area (Å²) in [5, 5.41) is 25.1. The first kappa shape index (κ1) is 13.7. The van der Waals surface area contributed by atoms with Gasteiger partial charge in [-0.25, -0.2) is 9.67 Å². The topological polar surface area (TPSA) is 94.1 Å². The van der Waals surface area contributed by atoms with Crippen molar-refractivity contribution in [3.63, 3.8) is 0 Å². The first-order valence-electron chi connectivity index (χ1n) is 6.99. The Bertz CT molecular complexity index is 638. The van der Waals surface area contributed by atoms with E-state index in [0.717, 1.165) is 31.2 Å². The summed E-state index contributed by atoms with van der Waals surface area (Å²) < 4.78 is 1.71. The summed E-state index contributed by atoms with van der Waals surface area (Å²) in [5.41, 5.74) is 0.769. The molecule has 2 atom stereocenters. The Morgan fingerprint density at radius 3 is 2.62 bits per heavy atom. The lowest BCUT2D eigenvalue weighted by Crippen LogP contribution is -2.27. The molecule has 1 aliphatic carbocycles. The van der Waals surface area contributed by atoms with Crippen molar-refractivity contribution in [2.45, 2.75) is 37.8 Å². The fourth-order valence-electron chi connectivity index (χ4n) is 2.70. The maximum Gasteiger partial charge on any atom is 0.269 e. The number of non-ortho nitro benzene ring substituents is 1. The summed E-state index contributed by atoms with van der Waals surface area (Å²) in [7, 11) is 0. The molecule has 1 fully saturated rings. The van der Waals surface area contributed by atoms with Gasteiger partial charge in [0.1, 0.15) is 6.33 Å². The number of benzene rings is 1. The Morgan fingerprint density at radius 2 is 1.95 bits per heavy atom. The second-order valence-corrected chi connectivity index (χ2v) is 5.27. The first-order chi connectivity index (χ1) is 10.1. The Kier molecular flexibility index (Phi) is 3.66. The van der Waals surface area contributed by atoms with Gasteiger partial charge in [0.15, 0.2) is 5.82 Å². The zero-order chi connectivity index (χ0) is 14.8. The van der Waals surface area contributed by atoms with E-state index in [1.165, 1.54) is 12.1 Å². The van der Waals surface area contributed by atoms with Crippen LogP contribution in [0.15, 0.2) is 30.6 Å². The van der Waals surface area contributed by atoms with Gasteiger partial charge in [-0.2, -0.15) is 5.10 Å². The van der Waals surface area contributed by atoms with E-state index in [4.69, 9.17) is 0 Å². The first-order valence-corrected chi connectivity index (χ1v) is 6.99. The average molecular weight is 288 g/mol. The molecule has 0 bridgehead atoms. The minimum atomic E-state index is -0.436. The molecule has 0 amide bonds. The lowest BCUT2D eigenvalue weighted by Gasteiger charge is -2.27. The van der Waals surface area contributed by atoms with Gasteiger partial charge in [-0.15, -0.1) is 0 Å². The minimum absolute atomic E-state index is 0.0296. The van der Waals surface area contributed by atoms with Gasteiger partial charge in [-0.3, -0.25) is 10.1 Å². The molecule has 1 aromatic heterocycles. The lowest BCUT2D eigenvalue weighted by molar-refractivity contribution is -0.384. The Hall–Kier alpha value is -2.28. The van der Waals surface area contributed by atoms with E-state index in [2.05, 4.69) is 10.1 Å². The predicted molar refractivity (Wildman–Crippen MR) is 75.6 cm³/mol. The molecular formula is C14H16N4O3. The molecule has 7 nitrogen and oxygen atoms in total. The molecule has 110 valence electrons. The van der Waals surface area contributed by atoms with Crippen molar-refractivity contribution >= 4 is 5.69 Å². The molecule has 0 spiro atoms. The molecule has 1 N–H and O–H groups in total. The highest BCUT2D eigenvalue weighted by Gasteiger charge is 2.25. The van der Waals surface area contributed by atoms with Crippen LogP contribution in [-0.4, -0.2) is 30.9 Å². The molecule has 1 heterocycles. The van der Waals surface area contributed by atoms with E-state index in [9.17, 15) is 15.2 Å². The highest BCUT2D eigenvalue weighted by Crippen LogP contribution is 2.28. The van der Waals surface area contributed by atoms with Crippen LogP contribution in [0.3, 0.4) is 0 Å². The van der Waals surface area contributed by atoms with Crippen molar-refractivity contribution in [2.75, 3.05) is 0 Å². The molecule has 1 saturated carbocycles. The third-order valence-electron chi connectivity index (χ3n) is 3.88. The average Bonchev–Trinajstić information content (AvgIpc) is 2.97. The van der Waals surface area contributed by atoms with Gasteiger partial charge in [0.25, 0.3) is 5.69 Å². The van der Waals surface area contributed by atoms with E-state index in [1.54, 1.807) is 23.1 Å². The van der Waals surface area contributed by atoms with Gasteiger partial charge in [-0.1, -0.05) is 12.8 Å². The molecular weight excluding hydrogens is 272 g/mol. The van der Waals surface area contributed by atoms with Crippen molar-refractivity contribution in [1.82, 2.24) is 14.8 Å². The molecule has 1 aliphatic rings. The van der Waals surface area contributed by atoms with Crippen LogP contribution in [0.4, 0.5) is 5.69 Å². The molecule has 2 aromatic rings. The monoisotopic (exact) mass is 288 g/mol. The van der Waals surface area contributed by atoms with Crippen LogP contribution in [0.5, 0.6) is 0 Å². The highest BCUT2D eigenvalue weighted by atomic mass is 16.6. The molecule has 0 aliphatic heterocycles. The normalized spacial score (nSPS) is 22.1. The minimum Gasteiger partial charge on any atom is -0.391 e. The van der Waals surface area contributed by atoms with Crippen molar-refractivity contribution in [3.8, 4) is 11.4 Å². The molecule has 21 heavy (non-hydrogen) atoms. The molecule has 1 aromatic carbocycles. The predicted octanol–water partition coefficient (Wildman–Crippen LogP) is 2.33. The number of aliphatic hydroxyl groups is 1. The second-order valence-electron chi connectivity index (χ2n) is 5.27. The van der Waals surface area contributed by atoms with Crippen LogP contribution < -0.4 is 0 Å². The number of hydrogen-bond acceptors (Lipinski definition) is 5. The van der Waals surface area contributed by atoms with Crippen LogP contribution in [0.25, 0.3) is 11.4 Å². The van der Waals surface area contributed by atoms with Crippen LogP contribution in [0, 0.1) is 10.1 Å². The number of aromatic nitrogens is 3. The molecule has 0 unspecified atom stereocenters. The Morgan fingerprint density at radius 1 is 1.24 bits per heavy atom. The quantitative estimate of drug-likeness (QED) is 0.691. The van der Waals surface area contributed by atoms with Crippen molar-refractivity contribution in [2.24, 2.45) is 0 Å². The van der Waals surface area contributed by atoms with Crippen LogP contribution >= 0.6 is 0 Å². The highest BCUT2D eigenvalue weighted by molar-refractivity contribution is 5.56. The standard InChI is InChI=1S/C14H16N4O3/c19-13-4-2-1-3-12(13)17-9-15-14(16-17)10-5-7-11(8-6-10)18(20)21/h5-9,12-13,19H,1-4H2/t12-,13-/m1/s1. The van der Waals surface area contributed by atoms with Gasteiger partial charge >= 0.3 is 0 Å². The summed E-state index contributed by atoms with van der Waals surface area (Å²) in [5.74, 6) is 0.516. The SMILES string of the molecule is O=[N+]([O-])c1ccc(-c2ncn([C@@H]3CCCC[C@H]3O)n2)cc1. The Balaban J connectivity index is 1.82. The van der Waals surface area contributed by atoms with Crippen molar-refractivity contribution in [3.05, 3.63) is 40.7 Å². The number of rotatable bonds is 3. The van der Waals surface area contributed by atoms with Gasteiger partial charge in [0, 0.05) is 17.7 Å².